The molecule has 0 aromatic carbocycles. The summed E-state index contributed by atoms with van der Waals surface area (Å²) < 4.78 is 21.5. The van der Waals surface area contributed by atoms with Crippen LogP contribution in [0.15, 0.2) is 0 Å². The average molecular weight is 451 g/mol. The maximum Gasteiger partial charge on any atom is 0.0701 e. The number of unbranched alkanes of at least 4 members (excludes halogenated alkanes) is 13. The second kappa shape index (κ2) is 29.1. The van der Waals surface area contributed by atoms with Crippen molar-refractivity contribution in [2.24, 2.45) is 0 Å². The zero-order chi connectivity index (χ0) is 21.8. The van der Waals surface area contributed by atoms with Crippen molar-refractivity contribution in [3.63, 3.8) is 0 Å². The van der Waals surface area contributed by atoms with Gasteiger partial charge in [0, 0.05) is 6.61 Å². The van der Waals surface area contributed by atoms with Crippen LogP contribution in [0, 0.1) is 0 Å². The van der Waals surface area contributed by atoms with Crippen molar-refractivity contribution in [3.05, 3.63) is 0 Å². The van der Waals surface area contributed by atoms with Crippen LogP contribution in [0.5, 0.6) is 0 Å². The van der Waals surface area contributed by atoms with Crippen LogP contribution in [0.4, 0.5) is 0 Å². The first kappa shape index (κ1) is 30.1. The van der Waals surface area contributed by atoms with Crippen molar-refractivity contribution in [1.29, 1.82) is 0 Å². The summed E-state index contributed by atoms with van der Waals surface area (Å²) in [6.07, 6.45) is 19.1. The van der Waals surface area contributed by atoms with Crippen LogP contribution in [0.2, 0.25) is 0 Å². The maximum atomic E-state index is 8.56. The predicted octanol–water partition coefficient (Wildman–Crippen LogP) is 5.44. The molecule has 0 aliphatic carbocycles. The summed E-state index contributed by atoms with van der Waals surface area (Å²) in [5, 5.41) is 8.56. The predicted molar refractivity (Wildman–Crippen MR) is 129 cm³/mol. The van der Waals surface area contributed by atoms with E-state index in [1.54, 1.807) is 0 Å². The molecule has 0 amide bonds. The summed E-state index contributed by atoms with van der Waals surface area (Å²) in [5.41, 5.74) is 0. The first-order chi connectivity index (χ1) is 14.9. The van der Waals surface area contributed by atoms with Crippen LogP contribution < -0.4 is 0 Å². The molecular formula is C24H50O5S. The van der Waals surface area contributed by atoms with E-state index in [2.05, 4.69) is 12.6 Å². The molecule has 0 atom stereocenters. The van der Waals surface area contributed by atoms with E-state index >= 15 is 0 Å². The molecule has 0 rings (SSSR count). The number of hydrogen-bond donors (Lipinski definition) is 2. The maximum absolute atomic E-state index is 8.56. The Morgan fingerprint density at radius 3 is 1.03 bits per heavy atom. The van der Waals surface area contributed by atoms with E-state index in [0.29, 0.717) is 46.2 Å². The number of thiol groups is 1. The Labute approximate surface area is 192 Å². The molecular weight excluding hydrogens is 400 g/mol. The van der Waals surface area contributed by atoms with Crippen LogP contribution >= 0.6 is 12.6 Å². The van der Waals surface area contributed by atoms with Gasteiger partial charge in [-0.25, -0.2) is 0 Å². The Hall–Kier alpha value is 0.150. The average Bonchev–Trinajstić information content (AvgIpc) is 2.76. The number of aliphatic hydroxyl groups excluding tert-OH is 1. The SMILES string of the molecule is OCCOCCOCCOCCOCCCCCCCCCCCCCCCCS. The van der Waals surface area contributed by atoms with Crippen molar-refractivity contribution in [3.8, 4) is 0 Å². The van der Waals surface area contributed by atoms with Crippen LogP contribution in [0.25, 0.3) is 0 Å². The summed E-state index contributed by atoms with van der Waals surface area (Å²) in [6, 6.07) is 0. The molecule has 0 aliphatic heterocycles. The molecule has 0 bridgehead atoms. The van der Waals surface area contributed by atoms with Crippen molar-refractivity contribution >= 4 is 12.6 Å². The monoisotopic (exact) mass is 450 g/mol. The summed E-state index contributed by atoms with van der Waals surface area (Å²) in [7, 11) is 0. The van der Waals surface area contributed by atoms with Crippen molar-refractivity contribution in [1.82, 2.24) is 0 Å². The van der Waals surface area contributed by atoms with Crippen molar-refractivity contribution in [2.45, 2.75) is 89.9 Å². The fourth-order valence-corrected chi connectivity index (χ4v) is 3.49. The molecule has 5 nitrogen and oxygen atoms in total. The standard InChI is InChI=1S/C24H50O5S/c25-15-17-27-19-21-29-23-22-28-20-18-26-16-13-11-9-7-5-3-1-2-4-6-8-10-12-14-24-30/h25,30H,1-24H2. The Morgan fingerprint density at radius 2 is 0.667 bits per heavy atom. The highest BCUT2D eigenvalue weighted by molar-refractivity contribution is 7.80. The third-order valence-corrected chi connectivity index (χ3v) is 5.36. The molecule has 0 aromatic rings. The smallest absolute Gasteiger partial charge is 0.0701 e. The van der Waals surface area contributed by atoms with Gasteiger partial charge < -0.3 is 24.1 Å². The normalized spacial score (nSPS) is 11.4. The molecule has 0 aromatic heterocycles. The first-order valence-electron chi connectivity index (χ1n) is 12.4. The summed E-state index contributed by atoms with van der Waals surface area (Å²) in [5.74, 6) is 1.05. The second-order valence-corrected chi connectivity index (χ2v) is 8.29. The first-order valence-corrected chi connectivity index (χ1v) is 13.1. The van der Waals surface area contributed by atoms with Gasteiger partial charge in [0.25, 0.3) is 0 Å². The van der Waals surface area contributed by atoms with Gasteiger partial charge >= 0.3 is 0 Å². The van der Waals surface area contributed by atoms with Gasteiger partial charge in [-0.3, -0.25) is 0 Å². The number of ether oxygens (including phenoxy) is 4. The van der Waals surface area contributed by atoms with E-state index in [0.717, 1.165) is 18.8 Å². The molecule has 0 fully saturated rings. The van der Waals surface area contributed by atoms with E-state index in [-0.39, 0.29) is 6.61 Å². The van der Waals surface area contributed by atoms with Gasteiger partial charge in [0.2, 0.25) is 0 Å². The third kappa shape index (κ3) is 28.1. The zero-order valence-corrected chi connectivity index (χ0v) is 20.4. The second-order valence-electron chi connectivity index (χ2n) is 7.85. The minimum absolute atomic E-state index is 0.0566. The fourth-order valence-electron chi connectivity index (χ4n) is 3.26. The van der Waals surface area contributed by atoms with Gasteiger partial charge in [0.05, 0.1) is 52.9 Å². The molecule has 0 saturated heterocycles. The minimum Gasteiger partial charge on any atom is -0.394 e. The summed E-state index contributed by atoms with van der Waals surface area (Å²) in [6.45, 7) is 4.76. The lowest BCUT2D eigenvalue weighted by Gasteiger charge is -2.07. The molecule has 0 spiro atoms. The lowest BCUT2D eigenvalue weighted by atomic mass is 10.0. The van der Waals surface area contributed by atoms with E-state index < -0.39 is 0 Å². The molecule has 0 unspecified atom stereocenters. The van der Waals surface area contributed by atoms with Crippen LogP contribution in [-0.2, 0) is 18.9 Å². The van der Waals surface area contributed by atoms with Crippen molar-refractivity contribution < 1.29 is 24.1 Å². The Bertz CT molecular complexity index is 267. The van der Waals surface area contributed by atoms with Gasteiger partial charge in [-0.2, -0.15) is 12.6 Å². The van der Waals surface area contributed by atoms with E-state index in [4.69, 9.17) is 24.1 Å². The van der Waals surface area contributed by atoms with E-state index in [1.165, 1.54) is 83.5 Å². The van der Waals surface area contributed by atoms with Gasteiger partial charge in [0.1, 0.15) is 0 Å². The van der Waals surface area contributed by atoms with Gasteiger partial charge in [0.15, 0.2) is 0 Å². The molecule has 0 aliphatic rings. The van der Waals surface area contributed by atoms with Crippen molar-refractivity contribution in [2.75, 3.05) is 65.2 Å². The summed E-state index contributed by atoms with van der Waals surface area (Å²) in [4.78, 5) is 0. The zero-order valence-electron chi connectivity index (χ0n) is 19.5. The van der Waals surface area contributed by atoms with Gasteiger partial charge in [-0.15, -0.1) is 0 Å². The quantitative estimate of drug-likeness (QED) is 0.129. The Balaban J connectivity index is 2.97. The molecule has 0 saturated carbocycles. The van der Waals surface area contributed by atoms with E-state index in [1.807, 2.05) is 0 Å². The van der Waals surface area contributed by atoms with Crippen LogP contribution in [-0.4, -0.2) is 70.3 Å². The number of rotatable bonds is 27. The highest BCUT2D eigenvalue weighted by atomic mass is 32.1. The highest BCUT2D eigenvalue weighted by Crippen LogP contribution is 2.13. The van der Waals surface area contributed by atoms with Crippen LogP contribution in [0.3, 0.4) is 0 Å². The largest absolute Gasteiger partial charge is 0.394 e. The molecule has 6 heteroatoms. The molecule has 30 heavy (non-hydrogen) atoms. The van der Waals surface area contributed by atoms with Crippen LogP contribution in [0.1, 0.15) is 89.9 Å². The molecule has 1 N–H and O–H groups in total. The molecule has 182 valence electrons. The van der Waals surface area contributed by atoms with Gasteiger partial charge in [-0.1, -0.05) is 77.0 Å². The Kier molecular flexibility index (Phi) is 29.3. The van der Waals surface area contributed by atoms with Gasteiger partial charge in [-0.05, 0) is 18.6 Å². The Morgan fingerprint density at radius 1 is 0.367 bits per heavy atom. The number of aliphatic hydroxyl groups is 1. The minimum atomic E-state index is 0.0566. The summed E-state index contributed by atoms with van der Waals surface area (Å²) >= 11 is 4.25. The lowest BCUT2D eigenvalue weighted by Crippen LogP contribution is -2.12. The van der Waals surface area contributed by atoms with E-state index in [9.17, 15) is 0 Å². The highest BCUT2D eigenvalue weighted by Gasteiger charge is 1.96. The molecule has 0 heterocycles. The third-order valence-electron chi connectivity index (χ3n) is 5.05. The molecule has 0 radical (unpaired) electrons. The fraction of sp³-hybridized carbons (Fsp3) is 1.00. The topological polar surface area (TPSA) is 57.2 Å². The lowest BCUT2D eigenvalue weighted by molar-refractivity contribution is -0.00577. The number of hydrogen-bond acceptors (Lipinski definition) is 6.